The summed E-state index contributed by atoms with van der Waals surface area (Å²) in [6, 6.07) is 0. The van der Waals surface area contributed by atoms with E-state index in [1.54, 1.807) is 6.92 Å². The molecule has 94 valence electrons. The number of nitrogens with zero attached hydrogens (tertiary/aromatic N) is 1. The third kappa shape index (κ3) is 3.89. The van der Waals surface area contributed by atoms with Crippen molar-refractivity contribution in [3.63, 3.8) is 0 Å². The van der Waals surface area contributed by atoms with Crippen molar-refractivity contribution in [2.75, 3.05) is 5.75 Å². The average molecular weight is 256 g/mol. The first-order chi connectivity index (χ1) is 8.06. The van der Waals surface area contributed by atoms with Crippen LogP contribution >= 0.6 is 11.8 Å². The number of nitrogens with one attached hydrogen (secondary N) is 1. The summed E-state index contributed by atoms with van der Waals surface area (Å²) in [4.78, 5) is 28.4. The highest BCUT2D eigenvalue weighted by Crippen LogP contribution is 2.22. The fourth-order valence-electron chi connectivity index (χ4n) is 1.44. The fraction of sp³-hybridized carbons (Fsp3) is 0.545. The van der Waals surface area contributed by atoms with Crippen molar-refractivity contribution in [3.05, 3.63) is 21.7 Å². The van der Waals surface area contributed by atoms with Crippen LogP contribution in [0.25, 0.3) is 0 Å². The second kappa shape index (κ2) is 6.44. The van der Waals surface area contributed by atoms with Gasteiger partial charge >= 0.3 is 11.7 Å². The van der Waals surface area contributed by atoms with E-state index in [9.17, 15) is 9.59 Å². The molecule has 0 unspecified atom stereocenters. The van der Waals surface area contributed by atoms with Gasteiger partial charge in [-0.15, -0.1) is 11.8 Å². The van der Waals surface area contributed by atoms with Crippen LogP contribution in [0.3, 0.4) is 0 Å². The Labute approximate surface area is 104 Å². The van der Waals surface area contributed by atoms with Crippen molar-refractivity contribution in [2.24, 2.45) is 0 Å². The van der Waals surface area contributed by atoms with Gasteiger partial charge < -0.3 is 10.1 Å². The van der Waals surface area contributed by atoms with E-state index >= 15 is 0 Å². The minimum Gasteiger partial charge on any atom is -0.478 e. The summed E-state index contributed by atoms with van der Waals surface area (Å²) < 4.78 is 0. The molecule has 17 heavy (non-hydrogen) atoms. The third-order valence-electron chi connectivity index (χ3n) is 2.29. The number of aryl methyl sites for hydroxylation is 1. The predicted molar refractivity (Wildman–Crippen MR) is 66.8 cm³/mol. The Balaban J connectivity index is 2.89. The van der Waals surface area contributed by atoms with Gasteiger partial charge in [0.05, 0.1) is 0 Å². The second-order valence-electron chi connectivity index (χ2n) is 3.71. The van der Waals surface area contributed by atoms with E-state index in [1.807, 2.05) is 0 Å². The number of thioether (sulfide) groups is 1. The van der Waals surface area contributed by atoms with Crippen LogP contribution in [-0.2, 0) is 0 Å². The number of hydrogen-bond donors (Lipinski definition) is 2. The molecule has 0 atom stereocenters. The van der Waals surface area contributed by atoms with Crippen molar-refractivity contribution in [2.45, 2.75) is 38.1 Å². The minimum atomic E-state index is -1.05. The van der Waals surface area contributed by atoms with E-state index in [1.165, 1.54) is 11.8 Å². The number of aromatic nitrogens is 2. The van der Waals surface area contributed by atoms with Gasteiger partial charge in [-0.1, -0.05) is 19.8 Å². The molecule has 1 heterocycles. The van der Waals surface area contributed by atoms with E-state index in [4.69, 9.17) is 5.11 Å². The summed E-state index contributed by atoms with van der Waals surface area (Å²) in [5, 5.41) is 9.38. The first-order valence-electron chi connectivity index (χ1n) is 5.53. The molecule has 5 nitrogen and oxygen atoms in total. The standard InChI is InChI=1S/C11H16N2O3S/c1-3-4-5-6-17-9-8(10(14)15)7(2)12-11(16)13-9/h3-6H2,1-2H3,(H,14,15)(H,12,13,16). The molecule has 0 aliphatic carbocycles. The van der Waals surface area contributed by atoms with Crippen LogP contribution in [-0.4, -0.2) is 26.8 Å². The summed E-state index contributed by atoms with van der Waals surface area (Å²) in [5.41, 5.74) is -0.0351. The van der Waals surface area contributed by atoms with Gasteiger partial charge in [-0.2, -0.15) is 4.98 Å². The number of H-pyrrole nitrogens is 1. The summed E-state index contributed by atoms with van der Waals surface area (Å²) in [5.74, 6) is -0.270. The van der Waals surface area contributed by atoms with Gasteiger partial charge in [0.25, 0.3) is 0 Å². The fourth-order valence-corrected chi connectivity index (χ4v) is 2.51. The van der Waals surface area contributed by atoms with Gasteiger partial charge in [-0.25, -0.2) is 9.59 Å². The third-order valence-corrected chi connectivity index (χ3v) is 3.35. The molecule has 1 rings (SSSR count). The molecule has 0 amide bonds. The van der Waals surface area contributed by atoms with Crippen molar-refractivity contribution < 1.29 is 9.90 Å². The molecule has 0 aliphatic rings. The Morgan fingerprint density at radius 1 is 1.47 bits per heavy atom. The van der Waals surface area contributed by atoms with Crippen LogP contribution in [0.2, 0.25) is 0 Å². The van der Waals surface area contributed by atoms with Gasteiger partial charge in [-0.05, 0) is 19.1 Å². The van der Waals surface area contributed by atoms with Crippen molar-refractivity contribution in [1.29, 1.82) is 0 Å². The minimum absolute atomic E-state index is 0.103. The van der Waals surface area contributed by atoms with Crippen molar-refractivity contribution >= 4 is 17.7 Å². The lowest BCUT2D eigenvalue weighted by Gasteiger charge is -2.06. The molecule has 0 spiro atoms. The molecule has 1 aromatic heterocycles. The number of carboxylic acids is 1. The second-order valence-corrected chi connectivity index (χ2v) is 4.79. The van der Waals surface area contributed by atoms with Crippen LogP contribution in [0, 0.1) is 6.92 Å². The lowest BCUT2D eigenvalue weighted by Crippen LogP contribution is -2.18. The van der Waals surface area contributed by atoms with Gasteiger partial charge in [0, 0.05) is 5.69 Å². The summed E-state index contributed by atoms with van der Waals surface area (Å²) in [6.45, 7) is 3.67. The summed E-state index contributed by atoms with van der Waals surface area (Å²) in [6.07, 6.45) is 3.19. The SMILES string of the molecule is CCCCCSc1nc(=O)[nH]c(C)c1C(=O)O. The first-order valence-corrected chi connectivity index (χ1v) is 6.51. The molecule has 6 heteroatoms. The summed E-state index contributed by atoms with van der Waals surface area (Å²) >= 11 is 1.33. The van der Waals surface area contributed by atoms with Crippen LogP contribution in [0.4, 0.5) is 0 Å². The number of unbranched alkanes of at least 4 members (excludes halogenated alkanes) is 2. The molecular weight excluding hydrogens is 240 g/mol. The van der Waals surface area contributed by atoms with Gasteiger partial charge in [-0.3, -0.25) is 0 Å². The maximum atomic E-state index is 11.2. The summed E-state index contributed by atoms with van der Waals surface area (Å²) in [7, 11) is 0. The van der Waals surface area contributed by atoms with Crippen molar-refractivity contribution in [3.8, 4) is 0 Å². The maximum Gasteiger partial charge on any atom is 0.346 e. The van der Waals surface area contributed by atoms with Gasteiger partial charge in [0.2, 0.25) is 0 Å². The monoisotopic (exact) mass is 256 g/mol. The van der Waals surface area contributed by atoms with Crippen LogP contribution < -0.4 is 5.69 Å². The normalized spacial score (nSPS) is 10.5. The molecule has 0 fully saturated rings. The van der Waals surface area contributed by atoms with E-state index in [0.29, 0.717) is 10.7 Å². The van der Waals surface area contributed by atoms with E-state index in [-0.39, 0.29) is 5.56 Å². The molecular formula is C11H16N2O3S. The largest absolute Gasteiger partial charge is 0.478 e. The molecule has 1 aromatic rings. The Morgan fingerprint density at radius 2 is 2.18 bits per heavy atom. The van der Waals surface area contributed by atoms with Gasteiger partial charge in [0.1, 0.15) is 10.6 Å². The quantitative estimate of drug-likeness (QED) is 0.462. The number of aromatic carboxylic acids is 1. The van der Waals surface area contributed by atoms with E-state index in [0.717, 1.165) is 25.0 Å². The number of carbonyl (C=O) groups is 1. The van der Waals surface area contributed by atoms with Crippen molar-refractivity contribution in [1.82, 2.24) is 9.97 Å². The topological polar surface area (TPSA) is 83.0 Å². The smallest absolute Gasteiger partial charge is 0.346 e. The van der Waals surface area contributed by atoms with Crippen LogP contribution in [0.5, 0.6) is 0 Å². The number of rotatable bonds is 6. The molecule has 2 N–H and O–H groups in total. The Morgan fingerprint density at radius 3 is 2.76 bits per heavy atom. The Hall–Kier alpha value is -1.30. The lowest BCUT2D eigenvalue weighted by molar-refractivity contribution is 0.0690. The zero-order chi connectivity index (χ0) is 12.8. The molecule has 0 aliphatic heterocycles. The highest BCUT2D eigenvalue weighted by atomic mass is 32.2. The van der Waals surface area contributed by atoms with Gasteiger partial charge in [0.15, 0.2) is 0 Å². The van der Waals surface area contributed by atoms with Crippen LogP contribution in [0.1, 0.15) is 42.2 Å². The molecule has 0 bridgehead atoms. The molecule has 0 saturated heterocycles. The highest BCUT2D eigenvalue weighted by molar-refractivity contribution is 7.99. The average Bonchev–Trinajstić information content (AvgIpc) is 2.22. The molecule has 0 radical (unpaired) electrons. The number of carboxylic acid groups (broad SMARTS) is 1. The van der Waals surface area contributed by atoms with E-state index in [2.05, 4.69) is 16.9 Å². The zero-order valence-corrected chi connectivity index (χ0v) is 10.8. The molecule has 0 aromatic carbocycles. The molecule has 0 saturated carbocycles. The zero-order valence-electron chi connectivity index (χ0n) is 9.95. The first kappa shape index (κ1) is 13.8. The van der Waals surface area contributed by atoms with E-state index < -0.39 is 11.7 Å². The predicted octanol–water partition coefficient (Wildman–Crippen LogP) is 2.06. The number of aromatic amines is 1. The number of hydrogen-bond acceptors (Lipinski definition) is 4. The van der Waals surface area contributed by atoms with Crippen LogP contribution in [0.15, 0.2) is 9.82 Å². The maximum absolute atomic E-state index is 11.2. The Bertz CT molecular complexity index is 457. The highest BCUT2D eigenvalue weighted by Gasteiger charge is 2.16. The lowest BCUT2D eigenvalue weighted by atomic mass is 10.2. The Kier molecular flexibility index (Phi) is 5.21.